The smallest absolute Gasteiger partial charge is 0.180 e. The minimum atomic E-state index is 0.580. The topological polar surface area (TPSA) is 64.7 Å². The third-order valence-corrected chi connectivity index (χ3v) is 3.30. The van der Waals surface area contributed by atoms with Crippen molar-refractivity contribution >= 4 is 16.5 Å². The molecular weight excluding hydrogens is 208 g/mol. The van der Waals surface area contributed by atoms with Crippen LogP contribution in [0, 0.1) is 0 Å². The average Bonchev–Trinajstić information content (AvgIpc) is 3.02. The summed E-state index contributed by atoms with van der Waals surface area (Å²) in [5.41, 5.74) is 6.56. The van der Waals surface area contributed by atoms with E-state index in [9.17, 15) is 0 Å². The SMILES string of the molecule is Nc1ncc(-c2cnc(C3CC3)nc2)s1. The highest BCUT2D eigenvalue weighted by Crippen LogP contribution is 2.38. The number of rotatable bonds is 2. The molecule has 1 aliphatic carbocycles. The zero-order chi connectivity index (χ0) is 10.3. The van der Waals surface area contributed by atoms with Crippen LogP contribution in [0.1, 0.15) is 24.6 Å². The second-order valence-corrected chi connectivity index (χ2v) is 4.73. The largest absolute Gasteiger partial charge is 0.375 e. The molecule has 1 fully saturated rings. The van der Waals surface area contributed by atoms with Crippen molar-refractivity contribution < 1.29 is 0 Å². The molecule has 4 nitrogen and oxygen atoms in total. The number of nitrogens with two attached hydrogens (primary N) is 1. The molecule has 0 saturated heterocycles. The maximum atomic E-state index is 5.57. The fourth-order valence-electron chi connectivity index (χ4n) is 1.44. The lowest BCUT2D eigenvalue weighted by Gasteiger charge is -1.97. The summed E-state index contributed by atoms with van der Waals surface area (Å²) in [6.45, 7) is 0. The van der Waals surface area contributed by atoms with E-state index in [1.54, 1.807) is 6.20 Å². The van der Waals surface area contributed by atoms with Crippen molar-refractivity contribution in [2.24, 2.45) is 0 Å². The molecule has 3 rings (SSSR count). The monoisotopic (exact) mass is 218 g/mol. The van der Waals surface area contributed by atoms with Crippen molar-refractivity contribution in [2.45, 2.75) is 18.8 Å². The van der Waals surface area contributed by atoms with Gasteiger partial charge in [-0.15, -0.1) is 0 Å². The molecule has 2 N–H and O–H groups in total. The molecule has 1 aliphatic rings. The van der Waals surface area contributed by atoms with Gasteiger partial charge < -0.3 is 5.73 Å². The summed E-state index contributed by atoms with van der Waals surface area (Å²) in [6.07, 6.45) is 7.93. The summed E-state index contributed by atoms with van der Waals surface area (Å²) in [4.78, 5) is 13.7. The lowest BCUT2D eigenvalue weighted by atomic mass is 10.3. The molecule has 0 unspecified atom stereocenters. The van der Waals surface area contributed by atoms with Gasteiger partial charge in [0.15, 0.2) is 5.13 Å². The van der Waals surface area contributed by atoms with Crippen LogP contribution < -0.4 is 5.73 Å². The summed E-state index contributed by atoms with van der Waals surface area (Å²) in [6, 6.07) is 0. The van der Waals surface area contributed by atoms with E-state index >= 15 is 0 Å². The molecule has 5 heteroatoms. The molecule has 76 valence electrons. The van der Waals surface area contributed by atoms with E-state index < -0.39 is 0 Å². The molecular formula is C10H10N4S. The predicted octanol–water partition coefficient (Wildman–Crippen LogP) is 2.06. The number of hydrogen-bond donors (Lipinski definition) is 1. The van der Waals surface area contributed by atoms with Gasteiger partial charge in [-0.1, -0.05) is 11.3 Å². The van der Waals surface area contributed by atoms with Crippen molar-refractivity contribution in [3.05, 3.63) is 24.4 Å². The zero-order valence-electron chi connectivity index (χ0n) is 8.05. The van der Waals surface area contributed by atoms with Crippen molar-refractivity contribution in [3.8, 4) is 10.4 Å². The molecule has 2 aromatic heterocycles. The standard InChI is InChI=1S/C10H10N4S/c11-10-14-5-8(15-10)7-3-12-9(13-4-7)6-1-2-6/h3-6H,1-2H2,(H2,11,14). The quantitative estimate of drug-likeness (QED) is 0.838. The van der Waals surface area contributed by atoms with Crippen molar-refractivity contribution in [1.29, 1.82) is 0 Å². The molecule has 0 amide bonds. The first-order valence-electron chi connectivity index (χ1n) is 4.86. The second-order valence-electron chi connectivity index (χ2n) is 3.67. The minimum absolute atomic E-state index is 0.580. The fraction of sp³-hybridized carbons (Fsp3) is 0.300. The number of hydrogen-bond acceptors (Lipinski definition) is 5. The Labute approximate surface area is 91.2 Å². The van der Waals surface area contributed by atoms with Crippen LogP contribution in [0.25, 0.3) is 10.4 Å². The van der Waals surface area contributed by atoms with Crippen LogP contribution in [0.3, 0.4) is 0 Å². The first-order chi connectivity index (χ1) is 7.33. The number of nitrogen functional groups attached to an aromatic ring is 1. The van der Waals surface area contributed by atoms with E-state index in [0.717, 1.165) is 16.3 Å². The summed E-state index contributed by atoms with van der Waals surface area (Å²) in [5, 5.41) is 0.580. The van der Waals surface area contributed by atoms with Gasteiger partial charge in [0.05, 0.1) is 4.88 Å². The van der Waals surface area contributed by atoms with Gasteiger partial charge in [-0.25, -0.2) is 15.0 Å². The molecule has 0 atom stereocenters. The normalized spacial score (nSPS) is 15.5. The van der Waals surface area contributed by atoms with Gasteiger partial charge in [-0.3, -0.25) is 0 Å². The van der Waals surface area contributed by atoms with Gasteiger partial charge in [-0.05, 0) is 12.8 Å². The van der Waals surface area contributed by atoms with E-state index in [-0.39, 0.29) is 0 Å². The van der Waals surface area contributed by atoms with Crippen LogP contribution >= 0.6 is 11.3 Å². The highest BCUT2D eigenvalue weighted by atomic mass is 32.1. The summed E-state index contributed by atoms with van der Waals surface area (Å²) in [5.74, 6) is 1.57. The van der Waals surface area contributed by atoms with Crippen molar-refractivity contribution in [3.63, 3.8) is 0 Å². The Morgan fingerprint density at radius 1 is 1.13 bits per heavy atom. The molecule has 0 aliphatic heterocycles. The summed E-state index contributed by atoms with van der Waals surface area (Å²) in [7, 11) is 0. The molecule has 0 radical (unpaired) electrons. The fourth-order valence-corrected chi connectivity index (χ4v) is 2.10. The van der Waals surface area contributed by atoms with E-state index in [1.807, 2.05) is 12.4 Å². The predicted molar refractivity (Wildman–Crippen MR) is 59.5 cm³/mol. The van der Waals surface area contributed by atoms with Gasteiger partial charge in [0.25, 0.3) is 0 Å². The van der Waals surface area contributed by atoms with Crippen LogP contribution in [0.4, 0.5) is 5.13 Å². The third kappa shape index (κ3) is 1.70. The number of aromatic nitrogens is 3. The molecule has 2 heterocycles. The molecule has 1 saturated carbocycles. The highest BCUT2D eigenvalue weighted by molar-refractivity contribution is 7.18. The Kier molecular flexibility index (Phi) is 1.92. The zero-order valence-corrected chi connectivity index (χ0v) is 8.87. The van der Waals surface area contributed by atoms with Crippen LogP contribution in [0.2, 0.25) is 0 Å². The maximum Gasteiger partial charge on any atom is 0.180 e. The lowest BCUT2D eigenvalue weighted by molar-refractivity contribution is 0.929. The Bertz CT molecular complexity index is 472. The number of nitrogens with zero attached hydrogens (tertiary/aromatic N) is 3. The average molecular weight is 218 g/mol. The molecule has 0 spiro atoms. The third-order valence-electron chi connectivity index (χ3n) is 2.42. The van der Waals surface area contributed by atoms with Crippen LogP contribution in [0.15, 0.2) is 18.6 Å². The number of anilines is 1. The lowest BCUT2D eigenvalue weighted by Crippen LogP contribution is -1.90. The first kappa shape index (κ1) is 8.79. The van der Waals surface area contributed by atoms with Gasteiger partial charge in [0.2, 0.25) is 0 Å². The van der Waals surface area contributed by atoms with Crippen molar-refractivity contribution in [1.82, 2.24) is 15.0 Å². The van der Waals surface area contributed by atoms with E-state index in [2.05, 4.69) is 15.0 Å². The molecule has 2 aromatic rings. The Balaban J connectivity index is 1.92. The van der Waals surface area contributed by atoms with E-state index in [4.69, 9.17) is 5.73 Å². The molecule has 0 aromatic carbocycles. The van der Waals surface area contributed by atoms with Gasteiger partial charge in [-0.2, -0.15) is 0 Å². The van der Waals surface area contributed by atoms with Gasteiger partial charge in [0, 0.05) is 30.1 Å². The second kappa shape index (κ2) is 3.27. The van der Waals surface area contributed by atoms with Crippen LogP contribution in [-0.2, 0) is 0 Å². The van der Waals surface area contributed by atoms with Gasteiger partial charge >= 0.3 is 0 Å². The van der Waals surface area contributed by atoms with E-state index in [1.165, 1.54) is 24.2 Å². The number of thiazole rings is 1. The summed E-state index contributed by atoms with van der Waals surface area (Å²) >= 11 is 1.46. The molecule has 0 bridgehead atoms. The Hall–Kier alpha value is -1.49. The Morgan fingerprint density at radius 3 is 2.40 bits per heavy atom. The Morgan fingerprint density at radius 2 is 1.87 bits per heavy atom. The van der Waals surface area contributed by atoms with E-state index in [0.29, 0.717) is 11.0 Å². The highest BCUT2D eigenvalue weighted by Gasteiger charge is 2.26. The summed E-state index contributed by atoms with van der Waals surface area (Å²) < 4.78 is 0. The van der Waals surface area contributed by atoms with Crippen LogP contribution in [0.5, 0.6) is 0 Å². The van der Waals surface area contributed by atoms with Crippen LogP contribution in [-0.4, -0.2) is 15.0 Å². The first-order valence-corrected chi connectivity index (χ1v) is 5.68. The molecule has 15 heavy (non-hydrogen) atoms. The van der Waals surface area contributed by atoms with Crippen molar-refractivity contribution in [2.75, 3.05) is 5.73 Å². The maximum absolute atomic E-state index is 5.57. The minimum Gasteiger partial charge on any atom is -0.375 e. The van der Waals surface area contributed by atoms with Gasteiger partial charge in [0.1, 0.15) is 5.82 Å².